The Morgan fingerprint density at radius 2 is 1.81 bits per heavy atom. The highest BCUT2D eigenvalue weighted by molar-refractivity contribution is 6.27. The van der Waals surface area contributed by atoms with Gasteiger partial charge in [0.2, 0.25) is 5.91 Å². The van der Waals surface area contributed by atoms with Crippen LogP contribution in [0.2, 0.25) is 0 Å². The molecule has 0 aromatic heterocycles. The van der Waals surface area contributed by atoms with E-state index in [0.717, 1.165) is 38.3 Å². The number of hydrogen-bond acceptors (Lipinski definition) is 3. The summed E-state index contributed by atoms with van der Waals surface area (Å²) in [5.74, 6) is -0.00423. The van der Waals surface area contributed by atoms with Crippen LogP contribution in [0.4, 0.5) is 5.69 Å². The van der Waals surface area contributed by atoms with Crippen molar-refractivity contribution in [3.63, 3.8) is 0 Å². The normalized spacial score (nSPS) is 22.4. The summed E-state index contributed by atoms with van der Waals surface area (Å²) < 4.78 is 5.45. The van der Waals surface area contributed by atoms with E-state index in [0.29, 0.717) is 0 Å². The largest absolute Gasteiger partial charge is 0.378 e. The average Bonchev–Trinajstić information content (AvgIpc) is 2.73. The zero-order chi connectivity index (χ0) is 18.8. The fourth-order valence-corrected chi connectivity index (χ4v) is 4.43. The Hall–Kier alpha value is -2.04. The summed E-state index contributed by atoms with van der Waals surface area (Å²) >= 11 is 5.95. The van der Waals surface area contributed by atoms with Crippen LogP contribution in [-0.4, -0.2) is 49.0 Å². The third-order valence-corrected chi connectivity index (χ3v) is 5.83. The number of amides is 1. The second kappa shape index (κ2) is 7.91. The summed E-state index contributed by atoms with van der Waals surface area (Å²) in [5, 5.41) is 0. The van der Waals surface area contributed by atoms with E-state index in [1.807, 2.05) is 11.0 Å². The van der Waals surface area contributed by atoms with Crippen LogP contribution in [0.5, 0.6) is 0 Å². The summed E-state index contributed by atoms with van der Waals surface area (Å²) in [6.07, 6.45) is 0.862. The third kappa shape index (κ3) is 3.56. The molecule has 2 aliphatic heterocycles. The number of fused-ring (bicyclic) bond motifs is 1. The first-order valence-electron chi connectivity index (χ1n) is 9.56. The standard InChI is InChI=1S/C22H25ClN2O2/c1-16-14-18-4-2-3-5-20(18)22(25(16)21(26)15-23)17-6-8-19(9-7-17)24-10-12-27-13-11-24/h2-9,16,22H,10-15H2,1H3/t16-,22?/m0/s1. The van der Waals surface area contributed by atoms with Crippen LogP contribution in [0.3, 0.4) is 0 Å². The van der Waals surface area contributed by atoms with Gasteiger partial charge in [-0.3, -0.25) is 4.79 Å². The van der Waals surface area contributed by atoms with Gasteiger partial charge in [-0.2, -0.15) is 0 Å². The molecule has 1 saturated heterocycles. The fourth-order valence-electron chi connectivity index (χ4n) is 4.30. The Bertz CT molecular complexity index is 802. The summed E-state index contributed by atoms with van der Waals surface area (Å²) in [5.41, 5.74) is 4.85. The fraction of sp³-hybridized carbons (Fsp3) is 0.409. The van der Waals surface area contributed by atoms with Crippen molar-refractivity contribution in [2.75, 3.05) is 37.1 Å². The molecule has 0 radical (unpaired) electrons. The van der Waals surface area contributed by atoms with Crippen LogP contribution in [-0.2, 0) is 16.0 Å². The van der Waals surface area contributed by atoms with Gasteiger partial charge >= 0.3 is 0 Å². The van der Waals surface area contributed by atoms with Gasteiger partial charge in [0.15, 0.2) is 0 Å². The molecule has 4 nitrogen and oxygen atoms in total. The number of anilines is 1. The third-order valence-electron chi connectivity index (χ3n) is 5.61. The van der Waals surface area contributed by atoms with Crippen molar-refractivity contribution in [3.05, 3.63) is 65.2 Å². The lowest BCUT2D eigenvalue weighted by Crippen LogP contribution is -2.47. The molecule has 2 atom stereocenters. The van der Waals surface area contributed by atoms with Crippen LogP contribution in [0.1, 0.15) is 29.7 Å². The van der Waals surface area contributed by atoms with E-state index < -0.39 is 0 Å². The minimum atomic E-state index is -0.0880. The molecule has 27 heavy (non-hydrogen) atoms. The van der Waals surface area contributed by atoms with Gasteiger partial charge in [-0.1, -0.05) is 36.4 Å². The first-order valence-corrected chi connectivity index (χ1v) is 10.1. The quantitative estimate of drug-likeness (QED) is 0.757. The molecule has 0 spiro atoms. The number of nitrogens with zero attached hydrogens (tertiary/aromatic N) is 2. The minimum Gasteiger partial charge on any atom is -0.378 e. The number of morpholine rings is 1. The molecule has 4 rings (SSSR count). The van der Waals surface area contributed by atoms with Gasteiger partial charge in [-0.15, -0.1) is 11.6 Å². The Morgan fingerprint density at radius 1 is 1.11 bits per heavy atom. The zero-order valence-electron chi connectivity index (χ0n) is 15.6. The predicted octanol–water partition coefficient (Wildman–Crippen LogP) is 3.62. The highest BCUT2D eigenvalue weighted by Crippen LogP contribution is 2.38. The number of carbonyl (C=O) groups excluding carboxylic acids is 1. The van der Waals surface area contributed by atoms with Crippen LogP contribution >= 0.6 is 11.6 Å². The lowest BCUT2D eigenvalue weighted by atomic mass is 9.85. The Balaban J connectivity index is 1.71. The van der Waals surface area contributed by atoms with Crippen molar-refractivity contribution < 1.29 is 9.53 Å². The number of halogens is 1. The monoisotopic (exact) mass is 384 g/mol. The van der Waals surface area contributed by atoms with Crippen LogP contribution in [0, 0.1) is 0 Å². The maximum Gasteiger partial charge on any atom is 0.238 e. The highest BCUT2D eigenvalue weighted by atomic mass is 35.5. The van der Waals surface area contributed by atoms with E-state index in [9.17, 15) is 4.79 Å². The van der Waals surface area contributed by atoms with Gasteiger partial charge < -0.3 is 14.5 Å². The molecule has 0 aliphatic carbocycles. The number of ether oxygens (including phenoxy) is 1. The number of alkyl halides is 1. The number of carbonyl (C=O) groups is 1. The van der Waals surface area contributed by atoms with E-state index in [1.54, 1.807) is 0 Å². The van der Waals surface area contributed by atoms with Crippen molar-refractivity contribution in [3.8, 4) is 0 Å². The predicted molar refractivity (Wildman–Crippen MR) is 108 cm³/mol. The second-order valence-corrected chi connectivity index (χ2v) is 7.55. The highest BCUT2D eigenvalue weighted by Gasteiger charge is 2.35. The molecule has 1 unspecified atom stereocenters. The van der Waals surface area contributed by atoms with Gasteiger partial charge in [0.05, 0.1) is 19.3 Å². The maximum atomic E-state index is 12.7. The van der Waals surface area contributed by atoms with Crippen molar-refractivity contribution in [1.29, 1.82) is 0 Å². The summed E-state index contributed by atoms with van der Waals surface area (Å²) in [6.45, 7) is 5.48. The molecule has 2 aliphatic rings. The molecule has 1 amide bonds. The first-order chi connectivity index (χ1) is 13.2. The van der Waals surface area contributed by atoms with Gasteiger partial charge in [0.25, 0.3) is 0 Å². The smallest absolute Gasteiger partial charge is 0.238 e. The topological polar surface area (TPSA) is 32.8 Å². The average molecular weight is 385 g/mol. The van der Waals surface area contributed by atoms with Gasteiger partial charge in [-0.25, -0.2) is 0 Å². The second-order valence-electron chi connectivity index (χ2n) is 7.28. The minimum absolute atomic E-state index is 0.00880. The molecule has 0 N–H and O–H groups in total. The molecule has 2 aromatic rings. The zero-order valence-corrected chi connectivity index (χ0v) is 16.4. The van der Waals surface area contributed by atoms with Crippen molar-refractivity contribution in [1.82, 2.24) is 4.90 Å². The molecular formula is C22H25ClN2O2. The maximum absolute atomic E-state index is 12.7. The SMILES string of the molecule is C[C@H]1Cc2ccccc2C(c2ccc(N3CCOCC3)cc2)N1C(=O)CCl. The first kappa shape index (κ1) is 18.3. The van der Waals surface area contributed by atoms with Crippen molar-refractivity contribution in [2.24, 2.45) is 0 Å². The van der Waals surface area contributed by atoms with Crippen LogP contribution in [0.15, 0.2) is 48.5 Å². The summed E-state index contributed by atoms with van der Waals surface area (Å²) in [4.78, 5) is 17.0. The van der Waals surface area contributed by atoms with E-state index in [2.05, 4.69) is 54.3 Å². The summed E-state index contributed by atoms with van der Waals surface area (Å²) in [7, 11) is 0. The molecule has 2 heterocycles. The lowest BCUT2D eigenvalue weighted by molar-refractivity contribution is -0.132. The molecule has 0 saturated carbocycles. The lowest BCUT2D eigenvalue weighted by Gasteiger charge is -2.42. The van der Waals surface area contributed by atoms with Crippen LogP contribution in [0.25, 0.3) is 0 Å². The Morgan fingerprint density at radius 3 is 2.52 bits per heavy atom. The molecule has 2 aromatic carbocycles. The summed E-state index contributed by atoms with van der Waals surface area (Å²) in [6, 6.07) is 17.1. The van der Waals surface area contributed by atoms with Crippen LogP contribution < -0.4 is 4.90 Å². The molecule has 1 fully saturated rings. The molecule has 142 valence electrons. The van der Waals surface area contributed by atoms with E-state index in [4.69, 9.17) is 16.3 Å². The number of hydrogen-bond donors (Lipinski definition) is 0. The van der Waals surface area contributed by atoms with Crippen molar-refractivity contribution >= 4 is 23.2 Å². The molecule has 0 bridgehead atoms. The van der Waals surface area contributed by atoms with E-state index in [-0.39, 0.29) is 23.9 Å². The Labute approximate surface area is 165 Å². The van der Waals surface area contributed by atoms with Gasteiger partial charge in [-0.05, 0) is 42.2 Å². The van der Waals surface area contributed by atoms with E-state index >= 15 is 0 Å². The van der Waals surface area contributed by atoms with E-state index in [1.165, 1.54) is 16.8 Å². The van der Waals surface area contributed by atoms with Gasteiger partial charge in [0, 0.05) is 24.8 Å². The number of benzene rings is 2. The molecular weight excluding hydrogens is 360 g/mol. The molecule has 5 heteroatoms. The van der Waals surface area contributed by atoms with Crippen molar-refractivity contribution in [2.45, 2.75) is 25.4 Å². The number of rotatable bonds is 3. The Kier molecular flexibility index (Phi) is 5.37. The van der Waals surface area contributed by atoms with Gasteiger partial charge in [0.1, 0.15) is 5.88 Å².